The molecule has 4 aromatic carbocycles. The Hall–Kier alpha value is -4.98. The van der Waals surface area contributed by atoms with Crippen molar-refractivity contribution in [3.8, 4) is 5.75 Å². The van der Waals surface area contributed by atoms with Crippen LogP contribution in [0.25, 0.3) is 10.8 Å². The number of hydrogen-bond donors (Lipinski definition) is 3. The van der Waals surface area contributed by atoms with Crippen LogP contribution < -0.4 is 20.8 Å². The maximum Gasteiger partial charge on any atom is 0.329 e. The van der Waals surface area contributed by atoms with Gasteiger partial charge < -0.3 is 15.4 Å². The Morgan fingerprint density at radius 1 is 0.806 bits per heavy atom. The number of nitrogens with zero attached hydrogens (tertiary/aromatic N) is 1. The third-order valence-electron chi connectivity index (χ3n) is 5.24. The molecule has 0 radical (unpaired) electrons. The highest BCUT2D eigenvalue weighted by Gasteiger charge is 2.18. The molecule has 0 atom stereocenters. The summed E-state index contributed by atoms with van der Waals surface area (Å²) in [6.45, 7) is 2.43. The van der Waals surface area contributed by atoms with E-state index < -0.39 is 17.7 Å². The standard InChI is InChI=1S/C28H24N4O4/c1-2-36-22-16-14-21(15-17-22)30-26(33)24-12-5-6-13-25(24)31-27(34)28(35)32-29-18-20-10-7-9-19-8-3-4-11-23(19)20/h3-18H,2H2,1H3,(H,30,33)(H,31,34)(H,32,35)/b29-18-. The number of nitrogens with one attached hydrogen (secondary N) is 3. The van der Waals surface area contributed by atoms with Crippen LogP contribution in [0.2, 0.25) is 0 Å². The minimum Gasteiger partial charge on any atom is -0.494 e. The van der Waals surface area contributed by atoms with E-state index in [2.05, 4.69) is 21.2 Å². The SMILES string of the molecule is CCOc1ccc(NC(=O)c2ccccc2NC(=O)C(=O)N/N=C\c2cccc3ccccc23)cc1. The van der Waals surface area contributed by atoms with E-state index in [1.165, 1.54) is 12.3 Å². The second kappa shape index (κ2) is 11.4. The molecule has 4 rings (SSSR count). The maximum absolute atomic E-state index is 12.8. The Morgan fingerprint density at radius 2 is 1.53 bits per heavy atom. The molecule has 4 aromatic rings. The normalized spacial score (nSPS) is 10.7. The molecule has 0 bridgehead atoms. The third kappa shape index (κ3) is 5.92. The Kier molecular flexibility index (Phi) is 7.67. The van der Waals surface area contributed by atoms with Crippen LogP contribution in [0.5, 0.6) is 5.75 Å². The van der Waals surface area contributed by atoms with Crippen LogP contribution in [0.15, 0.2) is 96.1 Å². The van der Waals surface area contributed by atoms with Gasteiger partial charge in [0, 0.05) is 11.3 Å². The number of hydrazone groups is 1. The van der Waals surface area contributed by atoms with Crippen LogP contribution in [0.3, 0.4) is 0 Å². The highest BCUT2D eigenvalue weighted by molar-refractivity contribution is 6.40. The molecule has 0 saturated carbocycles. The van der Waals surface area contributed by atoms with E-state index in [4.69, 9.17) is 4.74 Å². The summed E-state index contributed by atoms with van der Waals surface area (Å²) in [6, 6.07) is 26.8. The molecule has 180 valence electrons. The van der Waals surface area contributed by atoms with Crippen molar-refractivity contribution in [3.63, 3.8) is 0 Å². The van der Waals surface area contributed by atoms with Gasteiger partial charge in [0.1, 0.15) is 5.75 Å². The molecule has 0 saturated heterocycles. The number of carbonyl (C=O) groups excluding carboxylic acids is 3. The van der Waals surface area contributed by atoms with Crippen molar-refractivity contribution in [2.75, 3.05) is 17.2 Å². The minimum absolute atomic E-state index is 0.194. The van der Waals surface area contributed by atoms with E-state index >= 15 is 0 Å². The highest BCUT2D eigenvalue weighted by atomic mass is 16.5. The van der Waals surface area contributed by atoms with Crippen LogP contribution in [0.1, 0.15) is 22.8 Å². The van der Waals surface area contributed by atoms with Crippen LogP contribution in [0, 0.1) is 0 Å². The number of rotatable bonds is 7. The van der Waals surface area contributed by atoms with Gasteiger partial charge >= 0.3 is 11.8 Å². The summed E-state index contributed by atoms with van der Waals surface area (Å²) >= 11 is 0. The fourth-order valence-corrected chi connectivity index (χ4v) is 3.54. The predicted molar refractivity (Wildman–Crippen MR) is 140 cm³/mol. The van der Waals surface area contributed by atoms with Crippen molar-refractivity contribution in [3.05, 3.63) is 102 Å². The molecule has 0 fully saturated rings. The molecule has 0 aliphatic carbocycles. The zero-order chi connectivity index (χ0) is 25.3. The smallest absolute Gasteiger partial charge is 0.329 e. The van der Waals surface area contributed by atoms with Crippen molar-refractivity contribution in [1.82, 2.24) is 5.43 Å². The van der Waals surface area contributed by atoms with Gasteiger partial charge in [0.05, 0.1) is 24.1 Å². The van der Waals surface area contributed by atoms with E-state index in [0.29, 0.717) is 18.0 Å². The number of benzene rings is 4. The van der Waals surface area contributed by atoms with Crippen LogP contribution in [0.4, 0.5) is 11.4 Å². The van der Waals surface area contributed by atoms with E-state index in [1.807, 2.05) is 49.4 Å². The highest BCUT2D eigenvalue weighted by Crippen LogP contribution is 2.20. The molecule has 3 N–H and O–H groups in total. The summed E-state index contributed by atoms with van der Waals surface area (Å²) in [5, 5.41) is 11.2. The number of para-hydroxylation sites is 1. The quantitative estimate of drug-likeness (QED) is 0.204. The van der Waals surface area contributed by atoms with Gasteiger partial charge in [0.25, 0.3) is 5.91 Å². The Balaban J connectivity index is 1.39. The number of fused-ring (bicyclic) bond motifs is 1. The summed E-state index contributed by atoms with van der Waals surface area (Å²) in [7, 11) is 0. The lowest BCUT2D eigenvalue weighted by Gasteiger charge is -2.11. The first-order valence-corrected chi connectivity index (χ1v) is 11.3. The van der Waals surface area contributed by atoms with E-state index in [0.717, 1.165) is 16.3 Å². The first-order chi connectivity index (χ1) is 17.5. The van der Waals surface area contributed by atoms with Gasteiger partial charge in [0.15, 0.2) is 0 Å². The van der Waals surface area contributed by atoms with Crippen molar-refractivity contribution in [2.24, 2.45) is 5.10 Å². The average molecular weight is 481 g/mol. The lowest BCUT2D eigenvalue weighted by atomic mass is 10.1. The van der Waals surface area contributed by atoms with Crippen molar-refractivity contribution >= 4 is 46.1 Å². The summed E-state index contributed by atoms with van der Waals surface area (Å²) in [5.41, 5.74) is 3.98. The number of anilines is 2. The molecule has 0 aliphatic heterocycles. The van der Waals surface area contributed by atoms with Crippen LogP contribution >= 0.6 is 0 Å². The van der Waals surface area contributed by atoms with Gasteiger partial charge in [-0.25, -0.2) is 5.43 Å². The molecule has 0 unspecified atom stereocenters. The van der Waals surface area contributed by atoms with Crippen LogP contribution in [-0.4, -0.2) is 30.5 Å². The Morgan fingerprint density at radius 3 is 2.33 bits per heavy atom. The maximum atomic E-state index is 12.8. The fraction of sp³-hybridized carbons (Fsp3) is 0.0714. The molecular formula is C28H24N4O4. The lowest BCUT2D eigenvalue weighted by molar-refractivity contribution is -0.136. The molecule has 8 heteroatoms. The van der Waals surface area contributed by atoms with Gasteiger partial charge in [-0.3, -0.25) is 14.4 Å². The summed E-state index contributed by atoms with van der Waals surface area (Å²) in [4.78, 5) is 37.6. The summed E-state index contributed by atoms with van der Waals surface area (Å²) < 4.78 is 5.40. The summed E-state index contributed by atoms with van der Waals surface area (Å²) in [5.74, 6) is -1.67. The Bertz CT molecular complexity index is 1430. The largest absolute Gasteiger partial charge is 0.494 e. The van der Waals surface area contributed by atoms with E-state index in [1.54, 1.807) is 42.5 Å². The molecule has 8 nitrogen and oxygen atoms in total. The minimum atomic E-state index is -0.965. The van der Waals surface area contributed by atoms with Crippen molar-refractivity contribution < 1.29 is 19.1 Å². The molecule has 0 aromatic heterocycles. The molecular weight excluding hydrogens is 456 g/mol. The third-order valence-corrected chi connectivity index (χ3v) is 5.24. The Labute approximate surface area is 208 Å². The second-order valence-corrected chi connectivity index (χ2v) is 7.68. The van der Waals surface area contributed by atoms with Gasteiger partial charge in [-0.05, 0) is 54.1 Å². The number of amides is 3. The van der Waals surface area contributed by atoms with Crippen LogP contribution in [-0.2, 0) is 9.59 Å². The molecule has 0 aliphatic rings. The number of carbonyl (C=O) groups is 3. The zero-order valence-electron chi connectivity index (χ0n) is 19.5. The van der Waals surface area contributed by atoms with Gasteiger partial charge in [-0.15, -0.1) is 0 Å². The predicted octanol–water partition coefficient (Wildman–Crippen LogP) is 4.58. The molecule has 0 heterocycles. The van der Waals surface area contributed by atoms with Gasteiger partial charge in [-0.1, -0.05) is 54.6 Å². The lowest BCUT2D eigenvalue weighted by Crippen LogP contribution is -2.33. The van der Waals surface area contributed by atoms with E-state index in [9.17, 15) is 14.4 Å². The first kappa shape index (κ1) is 24.2. The van der Waals surface area contributed by atoms with Crippen molar-refractivity contribution in [2.45, 2.75) is 6.92 Å². The fourth-order valence-electron chi connectivity index (χ4n) is 3.54. The van der Waals surface area contributed by atoms with Gasteiger partial charge in [-0.2, -0.15) is 5.10 Å². The molecule has 36 heavy (non-hydrogen) atoms. The molecule has 3 amide bonds. The second-order valence-electron chi connectivity index (χ2n) is 7.68. The average Bonchev–Trinajstić information content (AvgIpc) is 2.90. The monoisotopic (exact) mass is 480 g/mol. The van der Waals surface area contributed by atoms with Crippen molar-refractivity contribution in [1.29, 1.82) is 0 Å². The zero-order valence-corrected chi connectivity index (χ0v) is 19.5. The number of ether oxygens (including phenoxy) is 1. The number of hydrogen-bond acceptors (Lipinski definition) is 5. The van der Waals surface area contributed by atoms with E-state index in [-0.39, 0.29) is 11.3 Å². The summed E-state index contributed by atoms with van der Waals surface area (Å²) in [6.07, 6.45) is 1.48. The topological polar surface area (TPSA) is 109 Å². The van der Waals surface area contributed by atoms with Gasteiger partial charge in [0.2, 0.25) is 0 Å². The first-order valence-electron chi connectivity index (χ1n) is 11.3. The molecule has 0 spiro atoms.